The van der Waals surface area contributed by atoms with Crippen molar-refractivity contribution in [3.63, 3.8) is 0 Å². The molecule has 0 saturated carbocycles. The van der Waals surface area contributed by atoms with E-state index in [4.69, 9.17) is 21.1 Å². The third kappa shape index (κ3) is 6.85. The molecular weight excluding hydrogens is 432 g/mol. The number of rotatable bonds is 6. The molecule has 32 heavy (non-hydrogen) atoms. The average Bonchev–Trinajstić information content (AvgIpc) is 2.78. The van der Waals surface area contributed by atoms with E-state index in [2.05, 4.69) is 5.32 Å². The first-order valence-corrected chi connectivity index (χ1v) is 10.8. The van der Waals surface area contributed by atoms with Gasteiger partial charge in [0.05, 0.1) is 6.61 Å². The molecule has 7 nitrogen and oxygen atoms in total. The van der Waals surface area contributed by atoms with E-state index in [9.17, 15) is 14.4 Å². The van der Waals surface area contributed by atoms with E-state index in [-0.39, 0.29) is 24.5 Å². The SMILES string of the molecule is CCOC(=O)Oc1ccc(C(=O)NC2CCN(C(=O)/C=C/c3cccc(Cl)c3)CC2)cc1. The number of ether oxygens (including phenoxy) is 2. The average molecular weight is 457 g/mol. The van der Waals surface area contributed by atoms with Crippen molar-refractivity contribution in [3.05, 3.63) is 70.8 Å². The normalized spacial score (nSPS) is 14.2. The lowest BCUT2D eigenvalue weighted by Crippen LogP contribution is -2.46. The Balaban J connectivity index is 1.45. The van der Waals surface area contributed by atoms with Gasteiger partial charge in [-0.1, -0.05) is 23.7 Å². The summed E-state index contributed by atoms with van der Waals surface area (Å²) in [6, 6.07) is 13.5. The smallest absolute Gasteiger partial charge is 0.434 e. The van der Waals surface area contributed by atoms with E-state index >= 15 is 0 Å². The Morgan fingerprint density at radius 1 is 1.12 bits per heavy atom. The van der Waals surface area contributed by atoms with Crippen LogP contribution in [0.4, 0.5) is 4.79 Å². The van der Waals surface area contributed by atoms with Gasteiger partial charge in [0.15, 0.2) is 0 Å². The van der Waals surface area contributed by atoms with E-state index in [1.54, 1.807) is 60.4 Å². The summed E-state index contributed by atoms with van der Waals surface area (Å²) in [6.45, 7) is 3.04. The zero-order valence-electron chi connectivity index (χ0n) is 17.8. The van der Waals surface area contributed by atoms with Crippen molar-refractivity contribution in [1.29, 1.82) is 0 Å². The number of benzene rings is 2. The maximum Gasteiger partial charge on any atom is 0.513 e. The molecule has 2 aromatic carbocycles. The highest BCUT2D eigenvalue weighted by Crippen LogP contribution is 2.16. The van der Waals surface area contributed by atoms with Crippen molar-refractivity contribution in [2.75, 3.05) is 19.7 Å². The van der Waals surface area contributed by atoms with Gasteiger partial charge in [-0.3, -0.25) is 9.59 Å². The number of hydrogen-bond donors (Lipinski definition) is 1. The second-order valence-corrected chi connectivity index (χ2v) is 7.71. The first-order valence-electron chi connectivity index (χ1n) is 10.4. The summed E-state index contributed by atoms with van der Waals surface area (Å²) < 4.78 is 9.70. The van der Waals surface area contributed by atoms with Gasteiger partial charge in [-0.2, -0.15) is 0 Å². The summed E-state index contributed by atoms with van der Waals surface area (Å²) in [7, 11) is 0. The second-order valence-electron chi connectivity index (χ2n) is 7.27. The van der Waals surface area contributed by atoms with Crippen LogP contribution in [0.2, 0.25) is 5.02 Å². The predicted molar refractivity (Wildman–Crippen MR) is 122 cm³/mol. The highest BCUT2D eigenvalue weighted by atomic mass is 35.5. The number of nitrogens with one attached hydrogen (secondary N) is 1. The molecule has 8 heteroatoms. The molecule has 2 aromatic rings. The van der Waals surface area contributed by atoms with Gasteiger partial charge in [0.1, 0.15) is 5.75 Å². The Labute approximate surface area is 191 Å². The number of piperidine rings is 1. The summed E-state index contributed by atoms with van der Waals surface area (Å²) in [5.74, 6) is 0.0305. The highest BCUT2D eigenvalue weighted by molar-refractivity contribution is 6.30. The monoisotopic (exact) mass is 456 g/mol. The van der Waals surface area contributed by atoms with Gasteiger partial charge in [-0.25, -0.2) is 4.79 Å². The molecule has 0 unspecified atom stereocenters. The number of carbonyl (C=O) groups excluding carboxylic acids is 3. The van der Waals surface area contributed by atoms with E-state index < -0.39 is 6.16 Å². The van der Waals surface area contributed by atoms with Crippen molar-refractivity contribution in [2.45, 2.75) is 25.8 Å². The highest BCUT2D eigenvalue weighted by Gasteiger charge is 2.23. The van der Waals surface area contributed by atoms with Crippen LogP contribution in [0.3, 0.4) is 0 Å². The van der Waals surface area contributed by atoms with Crippen LogP contribution < -0.4 is 10.1 Å². The quantitative estimate of drug-likeness (QED) is 0.397. The predicted octanol–water partition coefficient (Wildman–Crippen LogP) is 4.31. The minimum atomic E-state index is -0.784. The summed E-state index contributed by atoms with van der Waals surface area (Å²) in [5, 5.41) is 3.62. The first-order chi connectivity index (χ1) is 15.4. The molecule has 0 bridgehead atoms. The van der Waals surface area contributed by atoms with Crippen LogP contribution in [-0.4, -0.2) is 48.6 Å². The zero-order valence-corrected chi connectivity index (χ0v) is 18.5. The maximum absolute atomic E-state index is 12.5. The molecule has 0 aliphatic carbocycles. The molecule has 1 heterocycles. The molecular formula is C24H25ClN2O5. The fourth-order valence-corrected chi connectivity index (χ4v) is 3.51. The molecule has 0 spiro atoms. The number of likely N-dealkylation sites (tertiary alicyclic amines) is 1. The van der Waals surface area contributed by atoms with E-state index in [1.165, 1.54) is 0 Å². The van der Waals surface area contributed by atoms with Crippen molar-refractivity contribution in [2.24, 2.45) is 0 Å². The number of amides is 2. The molecule has 0 atom stereocenters. The molecule has 3 rings (SSSR count). The van der Waals surface area contributed by atoms with Crippen LogP contribution in [0.1, 0.15) is 35.7 Å². The van der Waals surface area contributed by atoms with Gasteiger partial charge >= 0.3 is 6.16 Å². The van der Waals surface area contributed by atoms with Crippen LogP contribution >= 0.6 is 11.6 Å². The molecule has 1 saturated heterocycles. The standard InChI is InChI=1S/C24H25ClN2O5/c1-2-31-24(30)32-21-9-7-18(8-10-21)23(29)26-20-12-14-27(15-13-20)22(28)11-6-17-4-3-5-19(25)16-17/h3-11,16,20H,2,12-15H2,1H3,(H,26,29)/b11-6+. The molecule has 1 aliphatic heterocycles. The molecule has 1 N–H and O–H groups in total. The van der Waals surface area contributed by atoms with Crippen LogP contribution in [0.25, 0.3) is 6.08 Å². The second kappa shape index (κ2) is 11.3. The summed E-state index contributed by atoms with van der Waals surface area (Å²) in [6.07, 6.45) is 3.86. The third-order valence-electron chi connectivity index (χ3n) is 4.99. The van der Waals surface area contributed by atoms with E-state index in [0.717, 1.165) is 5.56 Å². The molecule has 2 amide bonds. The summed E-state index contributed by atoms with van der Waals surface area (Å²) in [4.78, 5) is 38.0. The maximum atomic E-state index is 12.5. The minimum Gasteiger partial charge on any atom is -0.434 e. The molecule has 0 radical (unpaired) electrons. The Morgan fingerprint density at radius 2 is 1.84 bits per heavy atom. The van der Waals surface area contributed by atoms with E-state index in [1.807, 2.05) is 12.1 Å². The van der Waals surface area contributed by atoms with Gasteiger partial charge in [0.25, 0.3) is 5.91 Å². The molecule has 1 aliphatic rings. The Bertz CT molecular complexity index is 982. The van der Waals surface area contributed by atoms with Crippen molar-refractivity contribution in [3.8, 4) is 5.75 Å². The Kier molecular flexibility index (Phi) is 8.27. The Hall–Kier alpha value is -3.32. The lowest BCUT2D eigenvalue weighted by molar-refractivity contribution is -0.127. The van der Waals surface area contributed by atoms with Crippen molar-refractivity contribution in [1.82, 2.24) is 10.2 Å². The zero-order chi connectivity index (χ0) is 22.9. The van der Waals surface area contributed by atoms with Gasteiger partial charge in [-0.05, 0) is 67.8 Å². The largest absolute Gasteiger partial charge is 0.513 e. The van der Waals surface area contributed by atoms with Gasteiger partial charge in [0.2, 0.25) is 5.91 Å². The minimum absolute atomic E-state index is 0.0149. The number of carbonyl (C=O) groups is 3. The van der Waals surface area contributed by atoms with Gasteiger partial charge in [-0.15, -0.1) is 0 Å². The van der Waals surface area contributed by atoms with Gasteiger partial charge in [0, 0.05) is 35.8 Å². The van der Waals surface area contributed by atoms with Crippen molar-refractivity contribution >= 4 is 35.6 Å². The Morgan fingerprint density at radius 3 is 2.50 bits per heavy atom. The van der Waals surface area contributed by atoms with Gasteiger partial charge < -0.3 is 19.7 Å². The molecule has 1 fully saturated rings. The topological polar surface area (TPSA) is 84.9 Å². The number of halogens is 1. The third-order valence-corrected chi connectivity index (χ3v) is 5.22. The molecule has 168 valence electrons. The first kappa shape index (κ1) is 23.3. The van der Waals surface area contributed by atoms with Crippen LogP contribution in [0.15, 0.2) is 54.6 Å². The fraction of sp³-hybridized carbons (Fsp3) is 0.292. The fourth-order valence-electron chi connectivity index (χ4n) is 3.31. The summed E-state index contributed by atoms with van der Waals surface area (Å²) >= 11 is 5.96. The lowest BCUT2D eigenvalue weighted by atomic mass is 10.0. The lowest BCUT2D eigenvalue weighted by Gasteiger charge is -2.31. The van der Waals surface area contributed by atoms with Crippen LogP contribution in [0.5, 0.6) is 5.75 Å². The van der Waals surface area contributed by atoms with Crippen LogP contribution in [0, 0.1) is 0 Å². The summed E-state index contributed by atoms with van der Waals surface area (Å²) in [5.41, 5.74) is 1.33. The number of hydrogen-bond acceptors (Lipinski definition) is 5. The number of nitrogens with zero attached hydrogens (tertiary/aromatic N) is 1. The molecule has 0 aromatic heterocycles. The van der Waals surface area contributed by atoms with E-state index in [0.29, 0.717) is 42.3 Å². The van der Waals surface area contributed by atoms with Crippen molar-refractivity contribution < 1.29 is 23.9 Å². The van der Waals surface area contributed by atoms with Crippen LogP contribution in [-0.2, 0) is 9.53 Å².